The first-order valence-corrected chi connectivity index (χ1v) is 7.79. The van der Waals surface area contributed by atoms with Gasteiger partial charge in [-0.3, -0.25) is 10.1 Å². The van der Waals surface area contributed by atoms with Gasteiger partial charge in [0.2, 0.25) is 0 Å². The second-order valence-corrected chi connectivity index (χ2v) is 5.50. The molecule has 0 atom stereocenters. The van der Waals surface area contributed by atoms with Crippen molar-refractivity contribution in [2.75, 3.05) is 27.3 Å². The molecular formula is C18H21N3O4. The Balaban J connectivity index is 1.79. The van der Waals surface area contributed by atoms with Crippen LogP contribution in [0, 0.1) is 10.1 Å². The van der Waals surface area contributed by atoms with Gasteiger partial charge in [0.05, 0.1) is 10.6 Å². The summed E-state index contributed by atoms with van der Waals surface area (Å²) in [7, 11) is 3.76. The highest BCUT2D eigenvalue weighted by atomic mass is 16.6. The summed E-state index contributed by atoms with van der Waals surface area (Å²) in [5.74, 6) is 1.31. The zero-order valence-electron chi connectivity index (χ0n) is 14.5. The third kappa shape index (κ3) is 5.80. The second-order valence-electron chi connectivity index (χ2n) is 5.50. The molecule has 2 aromatic carbocycles. The molecule has 25 heavy (non-hydrogen) atoms. The molecule has 2 rings (SSSR count). The lowest BCUT2D eigenvalue weighted by molar-refractivity contribution is -0.384. The Kier molecular flexibility index (Phi) is 6.33. The number of benzene rings is 2. The summed E-state index contributed by atoms with van der Waals surface area (Å²) in [6, 6.07) is 13.6. The molecule has 0 amide bonds. The van der Waals surface area contributed by atoms with Gasteiger partial charge in [-0.2, -0.15) is 5.10 Å². The number of hydrogen-bond donors (Lipinski definition) is 0. The number of rotatable bonds is 8. The summed E-state index contributed by atoms with van der Waals surface area (Å²) in [6.07, 6.45) is 0. The van der Waals surface area contributed by atoms with Crippen molar-refractivity contribution in [1.29, 1.82) is 0 Å². The van der Waals surface area contributed by atoms with E-state index in [1.165, 1.54) is 12.1 Å². The molecule has 0 saturated carbocycles. The van der Waals surface area contributed by atoms with E-state index in [1.807, 2.05) is 45.3 Å². The number of hydrazone groups is 1. The quantitative estimate of drug-likeness (QED) is 0.318. The molecule has 0 spiro atoms. The lowest BCUT2D eigenvalue weighted by Crippen LogP contribution is -2.09. The molecule has 0 saturated heterocycles. The molecule has 7 nitrogen and oxygen atoms in total. The number of hydrogen-bond acceptors (Lipinski definition) is 6. The number of nitro groups is 1. The Hall–Kier alpha value is -3.09. The molecule has 0 aliphatic heterocycles. The Bertz CT molecular complexity index is 725. The molecule has 2 aromatic rings. The summed E-state index contributed by atoms with van der Waals surface area (Å²) in [6.45, 7) is 2.68. The van der Waals surface area contributed by atoms with Crippen molar-refractivity contribution < 1.29 is 14.4 Å². The first kappa shape index (κ1) is 18.3. The smallest absolute Gasteiger partial charge is 0.269 e. The Morgan fingerprint density at radius 1 is 1.00 bits per heavy atom. The van der Waals surface area contributed by atoms with Crippen molar-refractivity contribution in [3.05, 3.63) is 64.2 Å². The number of nitro benzene ring substituents is 1. The van der Waals surface area contributed by atoms with Gasteiger partial charge in [-0.25, -0.2) is 0 Å². The van der Waals surface area contributed by atoms with Gasteiger partial charge >= 0.3 is 0 Å². The maximum Gasteiger partial charge on any atom is 0.269 e. The van der Waals surface area contributed by atoms with Crippen LogP contribution in [0.5, 0.6) is 11.5 Å². The zero-order valence-corrected chi connectivity index (χ0v) is 14.5. The molecule has 0 unspecified atom stereocenters. The Morgan fingerprint density at radius 3 is 1.92 bits per heavy atom. The zero-order chi connectivity index (χ0) is 18.2. The minimum Gasteiger partial charge on any atom is -0.490 e. The first-order chi connectivity index (χ1) is 12.0. The third-order valence-corrected chi connectivity index (χ3v) is 3.29. The topological polar surface area (TPSA) is 77.2 Å². The fraction of sp³-hybridized carbons (Fsp3) is 0.278. The lowest BCUT2D eigenvalue weighted by Gasteiger charge is -2.10. The van der Waals surface area contributed by atoms with Crippen molar-refractivity contribution in [3.63, 3.8) is 0 Å². The van der Waals surface area contributed by atoms with Gasteiger partial charge in [0, 0.05) is 26.2 Å². The summed E-state index contributed by atoms with van der Waals surface area (Å²) in [5.41, 5.74) is 2.00. The lowest BCUT2D eigenvalue weighted by atomic mass is 10.1. The molecule has 0 radical (unpaired) electrons. The van der Waals surface area contributed by atoms with Crippen molar-refractivity contribution in [2.45, 2.75) is 6.92 Å². The van der Waals surface area contributed by atoms with Gasteiger partial charge in [0.25, 0.3) is 5.69 Å². The summed E-state index contributed by atoms with van der Waals surface area (Å²) >= 11 is 0. The summed E-state index contributed by atoms with van der Waals surface area (Å²) in [5, 5.41) is 16.7. The van der Waals surface area contributed by atoms with Gasteiger partial charge in [-0.15, -0.1) is 0 Å². The van der Waals surface area contributed by atoms with Crippen LogP contribution in [0.2, 0.25) is 0 Å². The van der Waals surface area contributed by atoms with Crippen LogP contribution in [0.1, 0.15) is 12.5 Å². The Labute approximate surface area is 146 Å². The van der Waals surface area contributed by atoms with Gasteiger partial charge in [-0.05, 0) is 48.9 Å². The van der Waals surface area contributed by atoms with E-state index < -0.39 is 4.92 Å². The standard InChI is InChI=1S/C18H21N3O4/c1-14(19-20(2)3)15-4-8-17(9-5-15)24-12-13-25-18-10-6-16(7-11-18)21(22)23/h4-11H,12-13H2,1-3H3/b19-14+. The van der Waals surface area contributed by atoms with Crippen LogP contribution in [-0.4, -0.2) is 43.0 Å². The van der Waals surface area contributed by atoms with Crippen molar-refractivity contribution >= 4 is 11.4 Å². The van der Waals surface area contributed by atoms with Gasteiger partial charge in [-0.1, -0.05) is 0 Å². The molecule has 0 bridgehead atoms. The molecule has 0 heterocycles. The van der Waals surface area contributed by atoms with Crippen LogP contribution in [-0.2, 0) is 0 Å². The predicted octanol–water partition coefficient (Wildman–Crippen LogP) is 3.34. The summed E-state index contributed by atoms with van der Waals surface area (Å²) in [4.78, 5) is 10.1. The molecule has 0 aliphatic carbocycles. The van der Waals surface area contributed by atoms with Crippen LogP contribution in [0.25, 0.3) is 0 Å². The maximum absolute atomic E-state index is 10.6. The van der Waals surface area contributed by atoms with E-state index in [1.54, 1.807) is 17.1 Å². The van der Waals surface area contributed by atoms with E-state index >= 15 is 0 Å². The second kappa shape index (κ2) is 8.68. The van der Waals surface area contributed by atoms with E-state index in [-0.39, 0.29) is 5.69 Å². The fourth-order valence-electron chi connectivity index (χ4n) is 2.13. The average molecular weight is 343 g/mol. The largest absolute Gasteiger partial charge is 0.490 e. The van der Waals surface area contributed by atoms with Crippen LogP contribution in [0.15, 0.2) is 53.6 Å². The van der Waals surface area contributed by atoms with E-state index in [2.05, 4.69) is 5.10 Å². The molecule has 0 fully saturated rings. The average Bonchev–Trinajstić information content (AvgIpc) is 2.59. The number of nitrogens with zero attached hydrogens (tertiary/aromatic N) is 3. The van der Waals surface area contributed by atoms with Crippen LogP contribution in [0.4, 0.5) is 5.69 Å². The maximum atomic E-state index is 10.6. The van der Waals surface area contributed by atoms with Gasteiger partial charge < -0.3 is 14.5 Å². The molecule has 132 valence electrons. The number of ether oxygens (including phenoxy) is 2. The molecule has 0 N–H and O–H groups in total. The monoisotopic (exact) mass is 343 g/mol. The highest BCUT2D eigenvalue weighted by Gasteiger charge is 2.04. The minimum absolute atomic E-state index is 0.0387. The van der Waals surface area contributed by atoms with Gasteiger partial charge in [0.1, 0.15) is 24.7 Å². The van der Waals surface area contributed by atoms with Crippen molar-refractivity contribution in [3.8, 4) is 11.5 Å². The number of non-ortho nitro benzene ring substituents is 1. The van der Waals surface area contributed by atoms with Crippen LogP contribution >= 0.6 is 0 Å². The normalized spacial score (nSPS) is 11.1. The molecule has 7 heteroatoms. The predicted molar refractivity (Wildman–Crippen MR) is 96.4 cm³/mol. The van der Waals surface area contributed by atoms with E-state index in [0.717, 1.165) is 17.0 Å². The van der Waals surface area contributed by atoms with E-state index in [0.29, 0.717) is 19.0 Å². The first-order valence-electron chi connectivity index (χ1n) is 7.79. The minimum atomic E-state index is -0.443. The molecule has 0 aromatic heterocycles. The molecule has 0 aliphatic rings. The van der Waals surface area contributed by atoms with Crippen LogP contribution in [0.3, 0.4) is 0 Å². The highest BCUT2D eigenvalue weighted by molar-refractivity contribution is 5.98. The van der Waals surface area contributed by atoms with E-state index in [4.69, 9.17) is 9.47 Å². The van der Waals surface area contributed by atoms with Gasteiger partial charge in [0.15, 0.2) is 0 Å². The molecular weight excluding hydrogens is 322 g/mol. The van der Waals surface area contributed by atoms with E-state index in [9.17, 15) is 10.1 Å². The van der Waals surface area contributed by atoms with Crippen LogP contribution < -0.4 is 9.47 Å². The van der Waals surface area contributed by atoms with Crippen molar-refractivity contribution in [1.82, 2.24) is 5.01 Å². The van der Waals surface area contributed by atoms with Crippen molar-refractivity contribution in [2.24, 2.45) is 5.10 Å². The summed E-state index contributed by atoms with van der Waals surface area (Å²) < 4.78 is 11.1. The third-order valence-electron chi connectivity index (χ3n) is 3.29. The Morgan fingerprint density at radius 2 is 1.48 bits per heavy atom. The highest BCUT2D eigenvalue weighted by Crippen LogP contribution is 2.17. The fourth-order valence-corrected chi connectivity index (χ4v) is 2.13. The SMILES string of the molecule is C/C(=N\N(C)C)c1ccc(OCCOc2ccc([N+](=O)[O-])cc2)cc1.